The summed E-state index contributed by atoms with van der Waals surface area (Å²) >= 11 is 0. The predicted molar refractivity (Wildman–Crippen MR) is 132 cm³/mol. The number of carbonyl (C=O) groups is 2. The predicted octanol–water partition coefficient (Wildman–Crippen LogP) is 3.07. The van der Waals surface area contributed by atoms with Gasteiger partial charge in [-0.3, -0.25) is 14.5 Å². The zero-order chi connectivity index (χ0) is 23.0. The third-order valence-corrected chi connectivity index (χ3v) is 6.87. The summed E-state index contributed by atoms with van der Waals surface area (Å²) in [6, 6.07) is 16.8. The zero-order valence-electron chi connectivity index (χ0n) is 19.7. The van der Waals surface area contributed by atoms with Crippen LogP contribution in [0.15, 0.2) is 48.5 Å². The molecular formula is C27H36N4O2. The Hall–Kier alpha value is -2.86. The normalized spacial score (nSPS) is 17.2. The number of hydrogen-bond donors (Lipinski definition) is 2. The molecular weight excluding hydrogens is 412 g/mol. The van der Waals surface area contributed by atoms with Crippen LogP contribution in [0.5, 0.6) is 0 Å². The fourth-order valence-electron chi connectivity index (χ4n) is 5.02. The van der Waals surface area contributed by atoms with Crippen LogP contribution in [-0.4, -0.2) is 56.5 Å². The molecule has 176 valence electrons. The summed E-state index contributed by atoms with van der Waals surface area (Å²) in [5.74, 6) is -1.11. The maximum Gasteiger partial charge on any atom is 0.309 e. The van der Waals surface area contributed by atoms with Crippen molar-refractivity contribution < 1.29 is 9.59 Å². The molecule has 4 rings (SSSR count). The molecule has 0 unspecified atom stereocenters. The Balaban J connectivity index is 1.37. The lowest BCUT2D eigenvalue weighted by atomic mass is 9.95. The van der Waals surface area contributed by atoms with Crippen molar-refractivity contribution in [1.29, 1.82) is 0 Å². The lowest BCUT2D eigenvalue weighted by Crippen LogP contribution is -2.45. The first-order valence-corrected chi connectivity index (χ1v) is 12.3. The highest BCUT2D eigenvalue weighted by molar-refractivity contribution is 6.35. The van der Waals surface area contributed by atoms with Crippen LogP contribution in [0.25, 0.3) is 0 Å². The van der Waals surface area contributed by atoms with Crippen LogP contribution in [0, 0.1) is 0 Å². The van der Waals surface area contributed by atoms with Gasteiger partial charge in [0.25, 0.3) is 0 Å². The Morgan fingerprint density at radius 2 is 1.67 bits per heavy atom. The van der Waals surface area contributed by atoms with E-state index in [2.05, 4.69) is 45.7 Å². The van der Waals surface area contributed by atoms with Crippen LogP contribution in [0.4, 0.5) is 5.69 Å². The van der Waals surface area contributed by atoms with Crippen molar-refractivity contribution >= 4 is 17.5 Å². The van der Waals surface area contributed by atoms with Gasteiger partial charge in [0.05, 0.1) is 6.04 Å². The first-order valence-electron chi connectivity index (χ1n) is 12.3. The fourth-order valence-corrected chi connectivity index (χ4v) is 5.02. The number of aryl methyl sites for hydroxylation is 1. The summed E-state index contributed by atoms with van der Waals surface area (Å²) < 4.78 is 0. The molecule has 1 fully saturated rings. The molecule has 0 aliphatic carbocycles. The lowest BCUT2D eigenvalue weighted by molar-refractivity contribution is -0.139. The van der Waals surface area contributed by atoms with Gasteiger partial charge in [-0.2, -0.15) is 0 Å². The van der Waals surface area contributed by atoms with E-state index in [4.69, 9.17) is 0 Å². The summed E-state index contributed by atoms with van der Waals surface area (Å²) in [7, 11) is 2.15. The molecule has 6 heteroatoms. The Bertz CT molecular complexity index is 940. The molecule has 2 aromatic rings. The van der Waals surface area contributed by atoms with Crippen molar-refractivity contribution in [1.82, 2.24) is 15.5 Å². The van der Waals surface area contributed by atoms with Gasteiger partial charge < -0.3 is 15.5 Å². The minimum absolute atomic E-state index is 0.0869. The molecule has 0 aromatic heterocycles. The molecule has 2 N–H and O–H groups in total. The average Bonchev–Trinajstić information content (AvgIpc) is 2.85. The van der Waals surface area contributed by atoms with E-state index in [1.54, 1.807) is 0 Å². The second-order valence-corrected chi connectivity index (χ2v) is 9.23. The van der Waals surface area contributed by atoms with E-state index in [-0.39, 0.29) is 6.04 Å². The molecule has 2 aliphatic rings. The van der Waals surface area contributed by atoms with Crippen LogP contribution in [0.1, 0.15) is 48.4 Å². The van der Waals surface area contributed by atoms with E-state index in [0.29, 0.717) is 19.5 Å². The van der Waals surface area contributed by atoms with Crippen LogP contribution >= 0.6 is 0 Å². The average molecular weight is 449 g/mol. The third-order valence-electron chi connectivity index (χ3n) is 6.87. The van der Waals surface area contributed by atoms with E-state index in [1.165, 1.54) is 42.5 Å². The van der Waals surface area contributed by atoms with Crippen LogP contribution < -0.4 is 15.5 Å². The molecule has 0 saturated carbocycles. The van der Waals surface area contributed by atoms with E-state index >= 15 is 0 Å². The molecule has 33 heavy (non-hydrogen) atoms. The summed E-state index contributed by atoms with van der Waals surface area (Å²) in [5, 5.41) is 5.66. The Morgan fingerprint density at radius 3 is 2.45 bits per heavy atom. The number of hydrogen-bond acceptors (Lipinski definition) is 4. The summed E-state index contributed by atoms with van der Waals surface area (Å²) in [6.07, 6.45) is 6.59. The maximum atomic E-state index is 12.5. The highest BCUT2D eigenvalue weighted by Crippen LogP contribution is 2.31. The number of carbonyl (C=O) groups excluding carboxylic acids is 2. The second-order valence-electron chi connectivity index (χ2n) is 9.23. The highest BCUT2D eigenvalue weighted by atomic mass is 16.2. The first-order chi connectivity index (χ1) is 16.1. The molecule has 6 nitrogen and oxygen atoms in total. The van der Waals surface area contributed by atoms with Crippen LogP contribution in [0.2, 0.25) is 0 Å². The number of fused-ring (bicyclic) bond motifs is 1. The quantitative estimate of drug-likeness (QED) is 0.639. The van der Waals surface area contributed by atoms with Crippen molar-refractivity contribution in [3.05, 3.63) is 65.2 Å². The third kappa shape index (κ3) is 6.14. The molecule has 1 atom stereocenters. The van der Waals surface area contributed by atoms with Gasteiger partial charge in [-0.25, -0.2) is 0 Å². The molecule has 2 aromatic carbocycles. The SMILES string of the molecule is CN1CCCc2cc([C@@H](CNC(=O)C(=O)NCCc3ccccc3)N3CCCCC3)ccc21. The van der Waals surface area contributed by atoms with Gasteiger partial charge in [-0.05, 0) is 68.0 Å². The van der Waals surface area contributed by atoms with Gasteiger partial charge in [-0.1, -0.05) is 48.9 Å². The molecule has 1 saturated heterocycles. The number of amides is 2. The number of rotatable bonds is 7. The Labute approximate surface area is 197 Å². The maximum absolute atomic E-state index is 12.5. The van der Waals surface area contributed by atoms with E-state index in [9.17, 15) is 9.59 Å². The number of benzene rings is 2. The van der Waals surface area contributed by atoms with E-state index < -0.39 is 11.8 Å². The molecule has 2 amide bonds. The fraction of sp³-hybridized carbons (Fsp3) is 0.481. The minimum atomic E-state index is -0.560. The largest absolute Gasteiger partial charge is 0.374 e. The lowest BCUT2D eigenvalue weighted by Gasteiger charge is -2.36. The van der Waals surface area contributed by atoms with Crippen LogP contribution in [-0.2, 0) is 22.4 Å². The molecule has 0 spiro atoms. The van der Waals surface area contributed by atoms with Gasteiger partial charge in [-0.15, -0.1) is 0 Å². The van der Waals surface area contributed by atoms with Crippen LogP contribution in [0.3, 0.4) is 0 Å². The van der Waals surface area contributed by atoms with Gasteiger partial charge in [0.1, 0.15) is 0 Å². The number of anilines is 1. The van der Waals surface area contributed by atoms with Gasteiger partial charge in [0.2, 0.25) is 0 Å². The number of likely N-dealkylation sites (tertiary alicyclic amines) is 1. The molecule has 2 aliphatic heterocycles. The van der Waals surface area contributed by atoms with Crippen molar-refractivity contribution in [3.8, 4) is 0 Å². The minimum Gasteiger partial charge on any atom is -0.374 e. The number of nitrogens with zero attached hydrogens (tertiary/aromatic N) is 2. The molecule has 2 heterocycles. The van der Waals surface area contributed by atoms with Gasteiger partial charge in [0.15, 0.2) is 0 Å². The highest BCUT2D eigenvalue weighted by Gasteiger charge is 2.25. The van der Waals surface area contributed by atoms with E-state index in [0.717, 1.165) is 31.6 Å². The topological polar surface area (TPSA) is 64.7 Å². The first kappa shape index (κ1) is 23.3. The number of piperidine rings is 1. The Morgan fingerprint density at radius 1 is 0.909 bits per heavy atom. The number of nitrogens with one attached hydrogen (secondary N) is 2. The van der Waals surface area contributed by atoms with Crippen molar-refractivity contribution in [2.45, 2.75) is 44.6 Å². The standard InChI is InChI=1S/C27H36N4O2/c1-30-16-8-11-22-19-23(12-13-24(22)30)25(31-17-6-3-7-18-31)20-29-27(33)26(32)28-15-14-21-9-4-2-5-10-21/h2,4-5,9-10,12-13,19,25H,3,6-8,11,14-18,20H2,1H3,(H,28,32)(H,29,33)/t25-/m1/s1. The molecule has 0 radical (unpaired) electrons. The van der Waals surface area contributed by atoms with Crippen molar-refractivity contribution in [2.24, 2.45) is 0 Å². The monoisotopic (exact) mass is 448 g/mol. The summed E-state index contributed by atoms with van der Waals surface area (Å²) in [5.41, 5.74) is 5.06. The van der Waals surface area contributed by atoms with Crippen molar-refractivity contribution in [2.75, 3.05) is 44.7 Å². The molecule has 0 bridgehead atoms. The summed E-state index contributed by atoms with van der Waals surface area (Å²) in [6.45, 7) is 4.04. The van der Waals surface area contributed by atoms with Gasteiger partial charge in [0, 0.05) is 32.4 Å². The van der Waals surface area contributed by atoms with Crippen molar-refractivity contribution in [3.63, 3.8) is 0 Å². The smallest absolute Gasteiger partial charge is 0.309 e. The van der Waals surface area contributed by atoms with E-state index in [1.807, 2.05) is 30.3 Å². The Kier molecular flexibility index (Phi) is 8.00. The van der Waals surface area contributed by atoms with Gasteiger partial charge >= 0.3 is 11.8 Å². The summed E-state index contributed by atoms with van der Waals surface area (Å²) in [4.78, 5) is 29.7. The zero-order valence-corrected chi connectivity index (χ0v) is 19.7. The second kappa shape index (κ2) is 11.3.